The van der Waals surface area contributed by atoms with Crippen LogP contribution in [0.4, 0.5) is 5.69 Å². The van der Waals surface area contributed by atoms with Gasteiger partial charge in [-0.2, -0.15) is 0 Å². The number of amides is 1. The Morgan fingerprint density at radius 3 is 2.47 bits per heavy atom. The van der Waals surface area contributed by atoms with Crippen LogP contribution >= 0.6 is 0 Å². The van der Waals surface area contributed by atoms with Crippen molar-refractivity contribution in [1.29, 1.82) is 0 Å². The maximum atomic E-state index is 11.8. The summed E-state index contributed by atoms with van der Waals surface area (Å²) in [5.74, 6) is -0.0323. The Labute approximate surface area is 103 Å². The minimum Gasteiger partial charge on any atom is -0.325 e. The molecule has 0 bridgehead atoms. The monoisotopic (exact) mass is 232 g/mol. The Kier molecular flexibility index (Phi) is 4.91. The molecule has 3 nitrogen and oxygen atoms in total. The van der Waals surface area contributed by atoms with Gasteiger partial charge in [-0.15, -0.1) is 0 Å². The first kappa shape index (κ1) is 13.5. The first-order chi connectivity index (χ1) is 7.99. The van der Waals surface area contributed by atoms with Crippen molar-refractivity contribution in [3.8, 4) is 0 Å². The number of hydrogen-bond donors (Lipinski definition) is 2. The summed E-state index contributed by atoms with van der Waals surface area (Å²) in [7, 11) is 0. The number of rotatable bonds is 5. The molecule has 0 saturated carbocycles. The number of aryl methyl sites for hydroxylation is 1. The van der Waals surface area contributed by atoms with E-state index in [4.69, 9.17) is 0 Å². The highest BCUT2D eigenvalue weighted by molar-refractivity contribution is 5.94. The molecule has 0 fully saturated rings. The summed E-state index contributed by atoms with van der Waals surface area (Å²) in [5, 5.41) is 5.96. The van der Waals surface area contributed by atoms with Crippen molar-refractivity contribution >= 4 is 11.6 Å². The molecular formula is C14H20N2O. The van der Waals surface area contributed by atoms with Gasteiger partial charge in [0.05, 0.1) is 6.04 Å². The maximum absolute atomic E-state index is 11.8. The molecule has 1 aromatic rings. The second kappa shape index (κ2) is 6.21. The molecule has 0 radical (unpaired) electrons. The molecule has 0 aromatic heterocycles. The van der Waals surface area contributed by atoms with Crippen LogP contribution in [0.5, 0.6) is 0 Å². The number of nitrogens with one attached hydrogen (secondary N) is 2. The molecule has 0 aliphatic rings. The molecule has 1 unspecified atom stereocenters. The van der Waals surface area contributed by atoms with E-state index < -0.39 is 0 Å². The summed E-state index contributed by atoms with van der Waals surface area (Å²) in [4.78, 5) is 11.8. The molecule has 0 saturated heterocycles. The van der Waals surface area contributed by atoms with E-state index in [0.717, 1.165) is 11.3 Å². The van der Waals surface area contributed by atoms with E-state index in [2.05, 4.69) is 17.2 Å². The van der Waals surface area contributed by atoms with Crippen LogP contribution in [0.2, 0.25) is 0 Å². The lowest BCUT2D eigenvalue weighted by atomic mass is 10.2. The quantitative estimate of drug-likeness (QED) is 0.766. The van der Waals surface area contributed by atoms with Gasteiger partial charge in [0.2, 0.25) is 5.91 Å². The summed E-state index contributed by atoms with van der Waals surface area (Å²) in [6.07, 6.45) is 0. The average Bonchev–Trinajstić information content (AvgIpc) is 2.28. The maximum Gasteiger partial charge on any atom is 0.241 e. The Balaban J connectivity index is 2.48. The van der Waals surface area contributed by atoms with E-state index in [1.807, 2.05) is 45.0 Å². The van der Waals surface area contributed by atoms with E-state index in [1.165, 1.54) is 5.56 Å². The largest absolute Gasteiger partial charge is 0.325 e. The van der Waals surface area contributed by atoms with Crippen molar-refractivity contribution in [2.45, 2.75) is 26.8 Å². The lowest BCUT2D eigenvalue weighted by molar-refractivity contribution is -0.117. The summed E-state index contributed by atoms with van der Waals surface area (Å²) < 4.78 is 0. The zero-order valence-corrected chi connectivity index (χ0v) is 10.7. The molecule has 0 aliphatic carbocycles. The molecule has 2 N–H and O–H groups in total. The van der Waals surface area contributed by atoms with Crippen molar-refractivity contribution in [2.24, 2.45) is 0 Å². The van der Waals surface area contributed by atoms with Gasteiger partial charge in [-0.3, -0.25) is 4.79 Å². The van der Waals surface area contributed by atoms with Gasteiger partial charge < -0.3 is 10.6 Å². The van der Waals surface area contributed by atoms with Gasteiger partial charge in [-0.05, 0) is 32.9 Å². The first-order valence-electron chi connectivity index (χ1n) is 5.74. The first-order valence-corrected chi connectivity index (χ1v) is 5.74. The molecule has 1 amide bonds. The molecule has 3 heteroatoms. The van der Waals surface area contributed by atoms with Gasteiger partial charge in [0, 0.05) is 12.2 Å². The van der Waals surface area contributed by atoms with Crippen LogP contribution in [0.3, 0.4) is 0 Å². The number of hydrogen-bond acceptors (Lipinski definition) is 2. The van der Waals surface area contributed by atoms with E-state index in [1.54, 1.807) is 0 Å². The van der Waals surface area contributed by atoms with Crippen molar-refractivity contribution in [3.63, 3.8) is 0 Å². The normalized spacial score (nSPS) is 11.9. The average molecular weight is 232 g/mol. The molecular weight excluding hydrogens is 212 g/mol. The Morgan fingerprint density at radius 1 is 1.35 bits per heavy atom. The smallest absolute Gasteiger partial charge is 0.241 e. The fourth-order valence-electron chi connectivity index (χ4n) is 1.31. The highest BCUT2D eigenvalue weighted by atomic mass is 16.2. The zero-order chi connectivity index (χ0) is 12.8. The number of carbonyl (C=O) groups is 1. The molecule has 1 atom stereocenters. The number of benzene rings is 1. The van der Waals surface area contributed by atoms with E-state index >= 15 is 0 Å². The Morgan fingerprint density at radius 2 is 1.94 bits per heavy atom. The highest BCUT2D eigenvalue weighted by Gasteiger charge is 2.11. The zero-order valence-electron chi connectivity index (χ0n) is 10.7. The fourth-order valence-corrected chi connectivity index (χ4v) is 1.31. The third-order valence-corrected chi connectivity index (χ3v) is 2.42. The summed E-state index contributed by atoms with van der Waals surface area (Å²) in [6, 6.07) is 7.52. The third kappa shape index (κ3) is 4.83. The van der Waals surface area contributed by atoms with Crippen LogP contribution in [-0.4, -0.2) is 18.5 Å². The van der Waals surface area contributed by atoms with Crippen molar-refractivity contribution in [1.82, 2.24) is 5.32 Å². The second-order valence-corrected chi connectivity index (χ2v) is 4.41. The Bertz CT molecular complexity index is 395. The molecule has 1 rings (SSSR count). The van der Waals surface area contributed by atoms with Crippen LogP contribution < -0.4 is 10.6 Å². The van der Waals surface area contributed by atoms with Crippen LogP contribution in [0.15, 0.2) is 36.4 Å². The SMILES string of the molecule is C=C(C)CNC(C)C(=O)Nc1ccc(C)cc1. The fraction of sp³-hybridized carbons (Fsp3) is 0.357. The predicted molar refractivity (Wildman–Crippen MR) is 72.1 cm³/mol. The topological polar surface area (TPSA) is 41.1 Å². The molecule has 1 aromatic carbocycles. The van der Waals surface area contributed by atoms with Gasteiger partial charge in [-0.1, -0.05) is 29.8 Å². The van der Waals surface area contributed by atoms with Gasteiger partial charge in [0.15, 0.2) is 0 Å². The lowest BCUT2D eigenvalue weighted by Gasteiger charge is -2.14. The lowest BCUT2D eigenvalue weighted by Crippen LogP contribution is -2.38. The number of carbonyl (C=O) groups excluding carboxylic acids is 1. The second-order valence-electron chi connectivity index (χ2n) is 4.41. The molecule has 17 heavy (non-hydrogen) atoms. The van der Waals surface area contributed by atoms with Gasteiger partial charge in [0.25, 0.3) is 0 Å². The molecule has 92 valence electrons. The van der Waals surface area contributed by atoms with E-state index in [9.17, 15) is 4.79 Å². The van der Waals surface area contributed by atoms with E-state index in [-0.39, 0.29) is 11.9 Å². The van der Waals surface area contributed by atoms with Gasteiger partial charge >= 0.3 is 0 Å². The third-order valence-electron chi connectivity index (χ3n) is 2.42. The van der Waals surface area contributed by atoms with Crippen molar-refractivity contribution in [2.75, 3.05) is 11.9 Å². The van der Waals surface area contributed by atoms with Crippen LogP contribution in [-0.2, 0) is 4.79 Å². The summed E-state index contributed by atoms with van der Waals surface area (Å²) >= 11 is 0. The minimum atomic E-state index is -0.229. The summed E-state index contributed by atoms with van der Waals surface area (Å²) in [5.41, 5.74) is 3.01. The predicted octanol–water partition coefficient (Wildman–Crippen LogP) is 2.49. The van der Waals surface area contributed by atoms with Crippen molar-refractivity contribution in [3.05, 3.63) is 42.0 Å². The number of anilines is 1. The van der Waals surface area contributed by atoms with Crippen LogP contribution in [0, 0.1) is 6.92 Å². The molecule has 0 heterocycles. The molecule has 0 aliphatic heterocycles. The van der Waals surface area contributed by atoms with Gasteiger partial charge in [0.1, 0.15) is 0 Å². The highest BCUT2D eigenvalue weighted by Crippen LogP contribution is 2.08. The standard InChI is InChI=1S/C14H20N2O/c1-10(2)9-15-12(4)14(17)16-13-7-5-11(3)6-8-13/h5-8,12,15H,1,9H2,2-4H3,(H,16,17). The van der Waals surface area contributed by atoms with Gasteiger partial charge in [-0.25, -0.2) is 0 Å². The Hall–Kier alpha value is -1.61. The van der Waals surface area contributed by atoms with Crippen LogP contribution in [0.1, 0.15) is 19.4 Å². The van der Waals surface area contributed by atoms with E-state index in [0.29, 0.717) is 6.54 Å². The minimum absolute atomic E-state index is 0.0323. The van der Waals surface area contributed by atoms with Crippen LogP contribution in [0.25, 0.3) is 0 Å². The van der Waals surface area contributed by atoms with Crippen molar-refractivity contribution < 1.29 is 4.79 Å². The molecule has 0 spiro atoms. The summed E-state index contributed by atoms with van der Waals surface area (Å²) in [6.45, 7) is 10.2.